The first kappa shape index (κ1) is 13.9. The number of nitrogens with zero attached hydrogens (tertiary/aromatic N) is 1. The van der Waals surface area contributed by atoms with Gasteiger partial charge in [0.15, 0.2) is 0 Å². The Morgan fingerprint density at radius 3 is 2.53 bits per heavy atom. The summed E-state index contributed by atoms with van der Waals surface area (Å²) in [5, 5.41) is 3.11. The average Bonchev–Trinajstić information content (AvgIpc) is 2.11. The third kappa shape index (κ3) is 5.65. The van der Waals surface area contributed by atoms with Gasteiger partial charge in [0.05, 0.1) is 6.26 Å². The van der Waals surface area contributed by atoms with E-state index in [9.17, 15) is 8.42 Å². The quantitative estimate of drug-likeness (QED) is 0.829. The second-order valence-corrected chi connectivity index (χ2v) is 6.52. The number of nitrogens with one attached hydrogen (secondary N) is 2. The van der Waals surface area contributed by atoms with Crippen LogP contribution in [-0.4, -0.2) is 31.7 Å². The Morgan fingerprint density at radius 1 is 1.35 bits per heavy atom. The molecule has 0 saturated heterocycles. The van der Waals surface area contributed by atoms with Crippen molar-refractivity contribution in [3.8, 4) is 0 Å². The highest BCUT2D eigenvalue weighted by Gasteiger charge is 2.21. The van der Waals surface area contributed by atoms with Crippen molar-refractivity contribution in [2.75, 3.05) is 18.1 Å². The van der Waals surface area contributed by atoms with Gasteiger partial charge in [-0.15, -0.1) is 0 Å². The zero-order valence-corrected chi connectivity index (χ0v) is 11.4. The predicted octanol–water partition coefficient (Wildman–Crippen LogP) is 1.13. The van der Waals surface area contributed by atoms with E-state index in [-0.39, 0.29) is 0 Å². The molecule has 1 rings (SSSR count). The molecule has 2 N–H and O–H groups in total. The highest BCUT2D eigenvalue weighted by Crippen LogP contribution is 2.08. The fourth-order valence-corrected chi connectivity index (χ4v) is 2.57. The molecular formula is C11H19N3O2S. The summed E-state index contributed by atoms with van der Waals surface area (Å²) >= 11 is 0. The Hall–Kier alpha value is -1.14. The number of hydrogen-bond acceptors (Lipinski definition) is 4. The Balaban J connectivity index is 2.61. The first-order valence-electron chi connectivity index (χ1n) is 5.34. The molecule has 5 nitrogen and oxygen atoms in total. The maximum Gasteiger partial charge on any atom is 0.209 e. The van der Waals surface area contributed by atoms with Gasteiger partial charge in [-0.3, -0.25) is 0 Å². The second-order valence-electron chi connectivity index (χ2n) is 4.78. The topological polar surface area (TPSA) is 71.1 Å². The number of sulfonamides is 1. The average molecular weight is 257 g/mol. The lowest BCUT2D eigenvalue weighted by atomic mass is 10.1. The number of hydrogen-bond donors (Lipinski definition) is 2. The molecule has 0 saturated carbocycles. The highest BCUT2D eigenvalue weighted by molar-refractivity contribution is 7.88. The Bertz CT molecular complexity index is 483. The first-order valence-corrected chi connectivity index (χ1v) is 7.24. The van der Waals surface area contributed by atoms with Gasteiger partial charge in [0.1, 0.15) is 5.82 Å². The molecule has 0 unspecified atom stereocenters. The highest BCUT2D eigenvalue weighted by atomic mass is 32.2. The number of aromatic nitrogens is 1. The van der Waals surface area contributed by atoms with E-state index < -0.39 is 15.6 Å². The molecule has 0 radical (unpaired) electrons. The molecule has 0 spiro atoms. The minimum Gasteiger partial charge on any atom is -0.368 e. The molecule has 1 aromatic rings. The Kier molecular flexibility index (Phi) is 4.11. The van der Waals surface area contributed by atoms with E-state index in [1.165, 1.54) is 0 Å². The van der Waals surface area contributed by atoms with Crippen LogP contribution in [0.3, 0.4) is 0 Å². The fourth-order valence-electron chi connectivity index (χ4n) is 1.49. The maximum atomic E-state index is 11.2. The van der Waals surface area contributed by atoms with Gasteiger partial charge in [-0.2, -0.15) is 0 Å². The van der Waals surface area contributed by atoms with Gasteiger partial charge in [0.2, 0.25) is 10.0 Å². The molecule has 0 bridgehead atoms. The molecule has 1 aromatic heterocycles. The molecule has 0 aliphatic rings. The minimum absolute atomic E-state index is 0.469. The molecule has 1 heterocycles. The SMILES string of the molecule is Cc1cccc(NCC(C)(C)NS(C)(=O)=O)n1. The van der Waals surface area contributed by atoms with Gasteiger partial charge >= 0.3 is 0 Å². The van der Waals surface area contributed by atoms with E-state index in [0.717, 1.165) is 17.8 Å². The monoisotopic (exact) mass is 257 g/mol. The Labute approximate surface area is 103 Å². The van der Waals surface area contributed by atoms with Gasteiger partial charge in [0.25, 0.3) is 0 Å². The normalized spacial score (nSPS) is 12.5. The summed E-state index contributed by atoms with van der Waals surface area (Å²) in [7, 11) is -3.20. The second kappa shape index (κ2) is 5.01. The largest absolute Gasteiger partial charge is 0.368 e. The molecular weight excluding hydrogens is 238 g/mol. The van der Waals surface area contributed by atoms with Gasteiger partial charge in [-0.25, -0.2) is 18.1 Å². The van der Waals surface area contributed by atoms with Crippen LogP contribution in [0, 0.1) is 6.92 Å². The van der Waals surface area contributed by atoms with Crippen LogP contribution in [0.5, 0.6) is 0 Å². The first-order chi connectivity index (χ1) is 7.68. The van der Waals surface area contributed by atoms with Gasteiger partial charge in [-0.05, 0) is 32.9 Å². The summed E-state index contributed by atoms with van der Waals surface area (Å²) in [5.41, 5.74) is 0.364. The Morgan fingerprint density at radius 2 is 2.00 bits per heavy atom. The van der Waals surface area contributed by atoms with Crippen LogP contribution in [0.15, 0.2) is 18.2 Å². The van der Waals surface area contributed by atoms with E-state index in [1.54, 1.807) is 0 Å². The molecule has 0 aromatic carbocycles. The summed E-state index contributed by atoms with van der Waals surface area (Å²) in [6.07, 6.45) is 1.15. The molecule has 6 heteroatoms. The van der Waals surface area contributed by atoms with Crippen molar-refractivity contribution in [1.82, 2.24) is 9.71 Å². The van der Waals surface area contributed by atoms with Gasteiger partial charge in [0, 0.05) is 17.8 Å². The van der Waals surface area contributed by atoms with Crippen molar-refractivity contribution in [3.05, 3.63) is 23.9 Å². The lowest BCUT2D eigenvalue weighted by molar-refractivity contribution is 0.476. The summed E-state index contributed by atoms with van der Waals surface area (Å²) in [4.78, 5) is 4.28. The lowest BCUT2D eigenvalue weighted by Crippen LogP contribution is -2.47. The van der Waals surface area contributed by atoms with Crippen molar-refractivity contribution < 1.29 is 8.42 Å². The fraction of sp³-hybridized carbons (Fsp3) is 0.545. The van der Waals surface area contributed by atoms with Crippen molar-refractivity contribution in [2.45, 2.75) is 26.3 Å². The molecule has 17 heavy (non-hydrogen) atoms. The number of anilines is 1. The number of rotatable bonds is 5. The van der Waals surface area contributed by atoms with E-state index in [4.69, 9.17) is 0 Å². The summed E-state index contributed by atoms with van der Waals surface area (Å²) < 4.78 is 24.9. The van der Waals surface area contributed by atoms with E-state index in [0.29, 0.717) is 6.54 Å². The zero-order chi connectivity index (χ0) is 13.1. The van der Waals surface area contributed by atoms with Crippen LogP contribution in [0.2, 0.25) is 0 Å². The lowest BCUT2D eigenvalue weighted by Gasteiger charge is -2.25. The maximum absolute atomic E-state index is 11.2. The minimum atomic E-state index is -3.20. The summed E-state index contributed by atoms with van der Waals surface area (Å²) in [6.45, 7) is 6.01. The molecule has 0 amide bonds. The van der Waals surface area contributed by atoms with Crippen LogP contribution in [0.4, 0.5) is 5.82 Å². The van der Waals surface area contributed by atoms with Crippen LogP contribution < -0.4 is 10.0 Å². The van der Waals surface area contributed by atoms with Crippen LogP contribution in [-0.2, 0) is 10.0 Å². The number of aryl methyl sites for hydroxylation is 1. The predicted molar refractivity (Wildman–Crippen MR) is 69.5 cm³/mol. The van der Waals surface area contributed by atoms with Crippen molar-refractivity contribution in [1.29, 1.82) is 0 Å². The van der Waals surface area contributed by atoms with Crippen LogP contribution in [0.1, 0.15) is 19.5 Å². The molecule has 0 aliphatic carbocycles. The van der Waals surface area contributed by atoms with Gasteiger partial charge < -0.3 is 5.32 Å². The van der Waals surface area contributed by atoms with E-state index >= 15 is 0 Å². The van der Waals surface area contributed by atoms with Crippen LogP contribution in [0.25, 0.3) is 0 Å². The molecule has 0 atom stereocenters. The smallest absolute Gasteiger partial charge is 0.209 e. The molecule has 0 fully saturated rings. The molecule has 96 valence electrons. The molecule has 0 aliphatic heterocycles. The van der Waals surface area contributed by atoms with Crippen LogP contribution >= 0.6 is 0 Å². The number of pyridine rings is 1. The van der Waals surface area contributed by atoms with Gasteiger partial charge in [-0.1, -0.05) is 6.07 Å². The van der Waals surface area contributed by atoms with E-state index in [1.807, 2.05) is 39.0 Å². The third-order valence-corrected chi connectivity index (χ3v) is 2.98. The van der Waals surface area contributed by atoms with E-state index in [2.05, 4.69) is 15.0 Å². The standard InChI is InChI=1S/C11H19N3O2S/c1-9-6-5-7-10(13-9)12-8-11(2,3)14-17(4,15)16/h5-7,14H,8H2,1-4H3,(H,12,13). The summed E-state index contributed by atoms with van der Waals surface area (Å²) in [5.74, 6) is 0.744. The van der Waals surface area contributed by atoms with Crippen molar-refractivity contribution in [2.24, 2.45) is 0 Å². The summed E-state index contributed by atoms with van der Waals surface area (Å²) in [6, 6.07) is 5.66. The van der Waals surface area contributed by atoms with Crippen molar-refractivity contribution in [3.63, 3.8) is 0 Å². The zero-order valence-electron chi connectivity index (χ0n) is 10.6. The third-order valence-electron chi connectivity index (χ3n) is 2.06. The van der Waals surface area contributed by atoms with Crippen molar-refractivity contribution >= 4 is 15.8 Å².